The van der Waals surface area contributed by atoms with E-state index >= 15 is 0 Å². The van der Waals surface area contributed by atoms with Gasteiger partial charge in [-0.25, -0.2) is 0 Å². The lowest BCUT2D eigenvalue weighted by atomic mass is 9.62. The van der Waals surface area contributed by atoms with Crippen LogP contribution in [-0.2, 0) is 24.3 Å². The zero-order chi connectivity index (χ0) is 33.1. The average Bonchev–Trinajstić information content (AvgIpc) is 3.07. The van der Waals surface area contributed by atoms with E-state index in [1.807, 2.05) is 0 Å². The first-order valence-corrected chi connectivity index (χ1v) is 20.0. The first-order valence-electron chi connectivity index (χ1n) is 17.8. The van der Waals surface area contributed by atoms with E-state index in [2.05, 4.69) is 164 Å². The van der Waals surface area contributed by atoms with Crippen LogP contribution >= 0.6 is 45.2 Å². The van der Waals surface area contributed by atoms with Gasteiger partial charge in [0.1, 0.15) is 0 Å². The predicted molar refractivity (Wildman–Crippen MR) is 211 cm³/mol. The number of fused-ring (bicyclic) bond motifs is 4. The quantitative estimate of drug-likeness (QED) is 0.191. The summed E-state index contributed by atoms with van der Waals surface area (Å²) in [5.74, 6) is 1.36. The molecule has 0 radical (unpaired) electrons. The predicted octanol–water partition coefficient (Wildman–Crippen LogP) is 8.82. The normalized spacial score (nSPS) is 30.2. The van der Waals surface area contributed by atoms with Crippen molar-refractivity contribution in [1.82, 2.24) is 9.80 Å². The average molecular weight is 867 g/mol. The third-order valence-corrected chi connectivity index (χ3v) is 13.0. The summed E-state index contributed by atoms with van der Waals surface area (Å²) in [6.07, 6.45) is 7.02. The van der Waals surface area contributed by atoms with Gasteiger partial charge in [0, 0.05) is 70.1 Å². The van der Waals surface area contributed by atoms with Gasteiger partial charge in [-0.15, -0.1) is 0 Å². The number of nitrogens with zero attached hydrogens (tertiary/aromatic N) is 2. The van der Waals surface area contributed by atoms with Crippen LogP contribution in [0.25, 0.3) is 0 Å². The highest BCUT2D eigenvalue weighted by atomic mass is 127. The van der Waals surface area contributed by atoms with E-state index in [1.54, 1.807) is 0 Å². The fraction of sp³-hybridized carbons (Fsp3) is 0.429. The maximum absolute atomic E-state index is 11.7. The molecule has 6 atom stereocenters. The van der Waals surface area contributed by atoms with Crippen LogP contribution in [0.2, 0.25) is 0 Å². The van der Waals surface area contributed by atoms with Crippen molar-refractivity contribution in [1.29, 1.82) is 0 Å². The number of halogens is 2. The van der Waals surface area contributed by atoms with Crippen LogP contribution in [0.3, 0.4) is 0 Å². The van der Waals surface area contributed by atoms with Crippen molar-refractivity contribution >= 4 is 45.2 Å². The van der Waals surface area contributed by atoms with Gasteiger partial charge >= 0.3 is 0 Å². The van der Waals surface area contributed by atoms with Crippen molar-refractivity contribution in [3.63, 3.8) is 0 Å². The van der Waals surface area contributed by atoms with Crippen molar-refractivity contribution in [2.75, 3.05) is 26.2 Å². The lowest BCUT2D eigenvalue weighted by Crippen LogP contribution is -2.57. The van der Waals surface area contributed by atoms with Gasteiger partial charge in [0.2, 0.25) is 0 Å². The number of likely N-dealkylation sites (tertiary alicyclic amines) is 2. The Morgan fingerprint density at radius 3 is 1.19 bits per heavy atom. The topological polar surface area (TPSA) is 46.9 Å². The number of benzene rings is 4. The van der Waals surface area contributed by atoms with E-state index in [-0.39, 0.29) is 0 Å². The summed E-state index contributed by atoms with van der Waals surface area (Å²) in [7, 11) is 0. The summed E-state index contributed by atoms with van der Waals surface area (Å²) in [5, 5.41) is 23.4. The molecule has 0 spiro atoms. The standard InChI is InChI=1S/2C21H24INO/c2*22-20-11-5-8-17(12-20)21(24)18-9-4-10-19(21)15-23(14-18)13-16-6-2-1-3-7-16/h2*1-3,5-8,11-12,18-19,24H,4,9-10,13-15H2/t2*18-,19+,21?. The number of hydrogen-bond acceptors (Lipinski definition) is 4. The van der Waals surface area contributed by atoms with E-state index in [0.717, 1.165) is 76.1 Å². The number of hydrogen-bond donors (Lipinski definition) is 2. The second-order valence-corrected chi connectivity index (χ2v) is 17.2. The van der Waals surface area contributed by atoms with Gasteiger partial charge in [-0.2, -0.15) is 0 Å². The maximum Gasteiger partial charge on any atom is 0.0977 e. The molecule has 2 saturated carbocycles. The molecule has 4 aromatic rings. The Hall–Kier alpha value is -1.82. The number of piperidine rings is 2. The van der Waals surface area contributed by atoms with E-state index in [0.29, 0.717) is 23.7 Å². The summed E-state index contributed by atoms with van der Waals surface area (Å²) in [5.41, 5.74) is 3.71. The summed E-state index contributed by atoms with van der Waals surface area (Å²) >= 11 is 4.70. The van der Waals surface area contributed by atoms with Crippen LogP contribution < -0.4 is 0 Å². The fourth-order valence-electron chi connectivity index (χ4n) is 9.45. The summed E-state index contributed by atoms with van der Waals surface area (Å²) < 4.78 is 2.42. The first kappa shape index (κ1) is 34.6. The summed E-state index contributed by atoms with van der Waals surface area (Å²) in [4.78, 5) is 5.10. The number of aliphatic hydroxyl groups is 2. The van der Waals surface area contributed by atoms with Gasteiger partial charge in [-0.05, 0) is 117 Å². The molecule has 48 heavy (non-hydrogen) atoms. The highest BCUT2D eigenvalue weighted by molar-refractivity contribution is 14.1. The van der Waals surface area contributed by atoms with Gasteiger partial charge in [-0.3, -0.25) is 9.80 Å². The Kier molecular flexibility index (Phi) is 11.0. The van der Waals surface area contributed by atoms with E-state index in [1.165, 1.54) is 31.1 Å². The minimum atomic E-state index is -0.646. The van der Waals surface area contributed by atoms with Gasteiger partial charge < -0.3 is 10.2 Å². The van der Waals surface area contributed by atoms with E-state index in [9.17, 15) is 10.2 Å². The molecular weight excluding hydrogens is 818 g/mol. The molecule has 8 rings (SSSR count). The smallest absolute Gasteiger partial charge is 0.0977 e. The van der Waals surface area contributed by atoms with Crippen LogP contribution in [0.1, 0.15) is 60.8 Å². The maximum atomic E-state index is 11.7. The second kappa shape index (κ2) is 15.2. The van der Waals surface area contributed by atoms with Gasteiger partial charge in [0.25, 0.3) is 0 Å². The largest absolute Gasteiger partial charge is 0.384 e. The van der Waals surface area contributed by atoms with Crippen molar-refractivity contribution < 1.29 is 10.2 Å². The Morgan fingerprint density at radius 2 is 0.854 bits per heavy atom. The highest BCUT2D eigenvalue weighted by Crippen LogP contribution is 2.51. The first-order chi connectivity index (χ1) is 23.3. The molecular formula is C42H48I2N2O2. The molecule has 4 bridgehead atoms. The third-order valence-electron chi connectivity index (χ3n) is 11.7. The minimum absolute atomic E-state index is 0.340. The molecule has 2 aliphatic heterocycles. The van der Waals surface area contributed by atoms with Crippen molar-refractivity contribution in [2.45, 2.75) is 62.8 Å². The van der Waals surface area contributed by atoms with E-state index < -0.39 is 11.2 Å². The third kappa shape index (κ3) is 7.31. The molecule has 2 aliphatic carbocycles. The Morgan fingerprint density at radius 1 is 0.500 bits per heavy atom. The SMILES string of the molecule is OC1(c2cccc(I)c2)[C@@H]2CCC[C@H]1CN(Cc1ccccc1)C2.OC1(c2cccc(I)c2)[C@@H]2CCC[C@H]1CN(Cc1ccccc1)C2. The zero-order valence-electron chi connectivity index (χ0n) is 27.7. The minimum Gasteiger partial charge on any atom is -0.384 e. The summed E-state index contributed by atoms with van der Waals surface area (Å²) in [6, 6.07) is 38.4. The van der Waals surface area contributed by atoms with Crippen molar-refractivity contribution in [3.8, 4) is 0 Å². The fourth-order valence-corrected chi connectivity index (χ4v) is 10.5. The second-order valence-electron chi connectivity index (χ2n) is 14.7. The molecule has 0 aromatic heterocycles. The van der Waals surface area contributed by atoms with Crippen LogP contribution in [0.5, 0.6) is 0 Å². The lowest BCUT2D eigenvalue weighted by molar-refractivity contribution is -0.148. The molecule has 2 unspecified atom stereocenters. The Labute approximate surface area is 314 Å². The van der Waals surface area contributed by atoms with Crippen LogP contribution in [0.15, 0.2) is 109 Å². The van der Waals surface area contributed by atoms with Crippen molar-refractivity contribution in [3.05, 3.63) is 139 Å². The number of rotatable bonds is 6. The molecule has 4 aliphatic rings. The van der Waals surface area contributed by atoms with Crippen LogP contribution in [0.4, 0.5) is 0 Å². The summed E-state index contributed by atoms with van der Waals surface area (Å²) in [6.45, 7) is 5.97. The monoisotopic (exact) mass is 866 g/mol. The Balaban J connectivity index is 0.000000152. The highest BCUT2D eigenvalue weighted by Gasteiger charge is 2.52. The molecule has 4 fully saturated rings. The van der Waals surface area contributed by atoms with E-state index in [4.69, 9.17) is 0 Å². The molecule has 2 N–H and O–H groups in total. The zero-order valence-corrected chi connectivity index (χ0v) is 32.0. The van der Waals surface area contributed by atoms with Gasteiger partial charge in [-0.1, -0.05) is 97.8 Å². The molecule has 2 heterocycles. The molecule has 4 nitrogen and oxygen atoms in total. The molecule has 4 aromatic carbocycles. The van der Waals surface area contributed by atoms with Crippen LogP contribution in [-0.4, -0.2) is 46.2 Å². The van der Waals surface area contributed by atoms with Gasteiger partial charge in [0.05, 0.1) is 11.2 Å². The molecule has 0 amide bonds. The Bertz CT molecular complexity index is 1500. The lowest BCUT2D eigenvalue weighted by Gasteiger charge is -2.53. The van der Waals surface area contributed by atoms with Crippen molar-refractivity contribution in [2.24, 2.45) is 23.7 Å². The van der Waals surface area contributed by atoms with Crippen LogP contribution in [0, 0.1) is 30.8 Å². The molecule has 252 valence electrons. The molecule has 2 saturated heterocycles. The molecule has 6 heteroatoms. The van der Waals surface area contributed by atoms with Gasteiger partial charge in [0.15, 0.2) is 0 Å².